The molecule has 1 unspecified atom stereocenters. The Labute approximate surface area is 133 Å². The molecule has 1 aliphatic rings. The first-order valence-corrected chi connectivity index (χ1v) is 7.96. The smallest absolute Gasteiger partial charge is 0.240 e. The molecule has 4 heteroatoms. The number of carbonyl (C=O) groups is 1. The van der Waals surface area contributed by atoms with Crippen LogP contribution in [-0.4, -0.2) is 38.0 Å². The summed E-state index contributed by atoms with van der Waals surface area (Å²) in [5.41, 5.74) is 2.16. The van der Waals surface area contributed by atoms with E-state index in [1.165, 1.54) is 0 Å². The average Bonchev–Trinajstić information content (AvgIpc) is 2.53. The van der Waals surface area contributed by atoms with Gasteiger partial charge in [0, 0.05) is 32.9 Å². The number of rotatable bonds is 4. The number of carbonyl (C=O) groups excluding carboxylic acids is 1. The van der Waals surface area contributed by atoms with E-state index in [9.17, 15) is 10.1 Å². The summed E-state index contributed by atoms with van der Waals surface area (Å²) in [6.45, 7) is 3.80. The lowest BCUT2D eigenvalue weighted by Gasteiger charge is -2.31. The van der Waals surface area contributed by atoms with E-state index in [1.54, 1.807) is 0 Å². The van der Waals surface area contributed by atoms with Gasteiger partial charge in [-0.3, -0.25) is 4.79 Å². The molecule has 1 fully saturated rings. The van der Waals surface area contributed by atoms with Crippen LogP contribution in [0.25, 0.3) is 0 Å². The van der Waals surface area contributed by atoms with Crippen LogP contribution in [0.15, 0.2) is 24.3 Å². The zero-order valence-corrected chi connectivity index (χ0v) is 13.7. The molecule has 0 aliphatic carbocycles. The summed E-state index contributed by atoms with van der Waals surface area (Å²) in [6.07, 6.45) is 2.58. The zero-order chi connectivity index (χ0) is 16.1. The quantitative estimate of drug-likeness (QED) is 0.859. The summed E-state index contributed by atoms with van der Waals surface area (Å²) in [7, 11) is 3.99. The van der Waals surface area contributed by atoms with Crippen molar-refractivity contribution in [2.75, 3.05) is 32.1 Å². The molecule has 0 bridgehead atoms. The fourth-order valence-corrected chi connectivity index (χ4v) is 2.80. The number of amides is 1. The molecule has 0 N–H and O–H groups in total. The molecule has 0 aromatic heterocycles. The van der Waals surface area contributed by atoms with Crippen molar-refractivity contribution in [3.8, 4) is 6.07 Å². The van der Waals surface area contributed by atoms with E-state index >= 15 is 0 Å². The van der Waals surface area contributed by atoms with Gasteiger partial charge in [-0.25, -0.2) is 0 Å². The second kappa shape index (κ2) is 7.31. The zero-order valence-electron chi connectivity index (χ0n) is 13.7. The third-order valence-corrected chi connectivity index (χ3v) is 4.44. The van der Waals surface area contributed by atoms with Crippen molar-refractivity contribution in [2.45, 2.75) is 26.2 Å². The summed E-state index contributed by atoms with van der Waals surface area (Å²) in [5.74, 6) is 0.105. The van der Waals surface area contributed by atoms with Gasteiger partial charge in [0.2, 0.25) is 5.91 Å². The standard InChI is InChI=1S/C18H25N3O/c1-14-8-10-21(11-9-14)18(22)16(13-19)12-15-4-6-17(7-5-15)20(2)3/h4-7,14,16H,8-12H2,1-3H3. The summed E-state index contributed by atoms with van der Waals surface area (Å²) in [4.78, 5) is 16.4. The Kier molecular flexibility index (Phi) is 5.43. The van der Waals surface area contributed by atoms with Gasteiger partial charge in [0.05, 0.1) is 6.07 Å². The molecule has 0 spiro atoms. The average molecular weight is 299 g/mol. The van der Waals surface area contributed by atoms with Gasteiger partial charge in [-0.1, -0.05) is 19.1 Å². The summed E-state index contributed by atoms with van der Waals surface area (Å²) < 4.78 is 0. The van der Waals surface area contributed by atoms with Crippen LogP contribution in [0, 0.1) is 23.2 Å². The highest BCUT2D eigenvalue weighted by molar-refractivity contribution is 5.81. The molecule has 22 heavy (non-hydrogen) atoms. The van der Waals surface area contributed by atoms with Crippen LogP contribution < -0.4 is 4.90 Å². The molecule has 1 saturated heterocycles. The van der Waals surface area contributed by atoms with Crippen LogP contribution >= 0.6 is 0 Å². The minimum Gasteiger partial charge on any atom is -0.378 e. The summed E-state index contributed by atoms with van der Waals surface area (Å²) >= 11 is 0. The van der Waals surface area contributed by atoms with Crippen LogP contribution in [0.2, 0.25) is 0 Å². The van der Waals surface area contributed by atoms with E-state index < -0.39 is 5.92 Å². The Bertz CT molecular complexity index is 536. The first-order chi connectivity index (χ1) is 10.5. The van der Waals surface area contributed by atoms with Crippen molar-refractivity contribution in [1.82, 2.24) is 4.90 Å². The Balaban J connectivity index is 1.99. The highest BCUT2D eigenvalue weighted by Gasteiger charge is 2.27. The third kappa shape index (κ3) is 4.00. The van der Waals surface area contributed by atoms with Crippen molar-refractivity contribution in [3.63, 3.8) is 0 Å². The molecular formula is C18H25N3O. The van der Waals surface area contributed by atoms with Gasteiger partial charge in [0.1, 0.15) is 5.92 Å². The van der Waals surface area contributed by atoms with E-state index in [2.05, 4.69) is 13.0 Å². The van der Waals surface area contributed by atoms with E-state index in [4.69, 9.17) is 0 Å². The molecule has 2 rings (SSSR count). The molecular weight excluding hydrogens is 274 g/mol. The van der Waals surface area contributed by atoms with Gasteiger partial charge in [0.25, 0.3) is 0 Å². The number of benzene rings is 1. The van der Waals surface area contributed by atoms with Gasteiger partial charge in [0.15, 0.2) is 0 Å². The van der Waals surface area contributed by atoms with E-state index in [-0.39, 0.29) is 5.91 Å². The van der Waals surface area contributed by atoms with E-state index in [1.807, 2.05) is 48.2 Å². The van der Waals surface area contributed by atoms with Crippen LogP contribution in [-0.2, 0) is 11.2 Å². The van der Waals surface area contributed by atoms with Gasteiger partial charge in [-0.2, -0.15) is 5.26 Å². The normalized spacial score (nSPS) is 16.9. The number of likely N-dealkylation sites (tertiary alicyclic amines) is 1. The Morgan fingerprint density at radius 1 is 1.32 bits per heavy atom. The lowest BCUT2D eigenvalue weighted by molar-refractivity contribution is -0.135. The van der Waals surface area contributed by atoms with Gasteiger partial charge >= 0.3 is 0 Å². The Morgan fingerprint density at radius 2 is 1.91 bits per heavy atom. The van der Waals surface area contributed by atoms with Crippen molar-refractivity contribution >= 4 is 11.6 Å². The van der Waals surface area contributed by atoms with Crippen LogP contribution in [0.5, 0.6) is 0 Å². The van der Waals surface area contributed by atoms with E-state index in [0.29, 0.717) is 12.3 Å². The number of hydrogen-bond acceptors (Lipinski definition) is 3. The van der Waals surface area contributed by atoms with Gasteiger partial charge < -0.3 is 9.80 Å². The van der Waals surface area contributed by atoms with Crippen molar-refractivity contribution in [2.24, 2.45) is 11.8 Å². The fourth-order valence-electron chi connectivity index (χ4n) is 2.80. The highest BCUT2D eigenvalue weighted by atomic mass is 16.2. The summed E-state index contributed by atoms with van der Waals surface area (Å²) in [5, 5.41) is 9.38. The second-order valence-corrected chi connectivity index (χ2v) is 6.45. The fraction of sp³-hybridized carbons (Fsp3) is 0.556. The summed E-state index contributed by atoms with van der Waals surface area (Å²) in [6, 6.07) is 10.3. The van der Waals surface area contributed by atoms with Crippen LogP contribution in [0.3, 0.4) is 0 Å². The van der Waals surface area contributed by atoms with Crippen molar-refractivity contribution < 1.29 is 4.79 Å². The topological polar surface area (TPSA) is 47.3 Å². The lowest BCUT2D eigenvalue weighted by Crippen LogP contribution is -2.41. The van der Waals surface area contributed by atoms with E-state index in [0.717, 1.165) is 37.2 Å². The molecule has 0 radical (unpaired) electrons. The minimum atomic E-state index is -0.571. The molecule has 4 nitrogen and oxygen atoms in total. The van der Waals surface area contributed by atoms with Crippen LogP contribution in [0.4, 0.5) is 5.69 Å². The monoisotopic (exact) mass is 299 g/mol. The minimum absolute atomic E-state index is 0.00825. The molecule has 1 aliphatic heterocycles. The Morgan fingerprint density at radius 3 is 2.41 bits per heavy atom. The SMILES string of the molecule is CC1CCN(C(=O)C(C#N)Cc2ccc(N(C)C)cc2)CC1. The largest absolute Gasteiger partial charge is 0.378 e. The number of hydrogen-bond donors (Lipinski definition) is 0. The van der Waals surface area contributed by atoms with Gasteiger partial charge in [-0.15, -0.1) is 0 Å². The number of nitrogens with zero attached hydrogens (tertiary/aromatic N) is 3. The lowest BCUT2D eigenvalue weighted by atomic mass is 9.95. The molecule has 1 aromatic carbocycles. The molecule has 1 atom stereocenters. The molecule has 1 aromatic rings. The predicted octanol–water partition coefficient (Wildman–Crippen LogP) is 2.69. The Hall–Kier alpha value is -2.02. The predicted molar refractivity (Wildman–Crippen MR) is 88.6 cm³/mol. The first kappa shape index (κ1) is 16.4. The maximum absolute atomic E-state index is 12.5. The maximum atomic E-state index is 12.5. The molecule has 1 heterocycles. The molecule has 0 saturated carbocycles. The number of nitriles is 1. The third-order valence-electron chi connectivity index (χ3n) is 4.44. The number of piperidine rings is 1. The first-order valence-electron chi connectivity index (χ1n) is 7.96. The maximum Gasteiger partial charge on any atom is 0.240 e. The highest BCUT2D eigenvalue weighted by Crippen LogP contribution is 2.20. The van der Waals surface area contributed by atoms with Crippen molar-refractivity contribution in [3.05, 3.63) is 29.8 Å². The van der Waals surface area contributed by atoms with Crippen molar-refractivity contribution in [1.29, 1.82) is 5.26 Å². The van der Waals surface area contributed by atoms with Gasteiger partial charge in [-0.05, 0) is 42.9 Å². The van der Waals surface area contributed by atoms with Crippen LogP contribution in [0.1, 0.15) is 25.3 Å². The second-order valence-electron chi connectivity index (χ2n) is 6.45. The molecule has 118 valence electrons. The molecule has 1 amide bonds. The number of anilines is 1.